The van der Waals surface area contributed by atoms with E-state index in [1.807, 2.05) is 51.1 Å². The molecule has 3 aromatic rings. The molecule has 0 atom stereocenters. The lowest BCUT2D eigenvalue weighted by molar-refractivity contribution is -0.138. The topological polar surface area (TPSA) is 87.7 Å². The number of rotatable bonds is 8. The molecule has 0 radical (unpaired) electrons. The molecule has 1 aliphatic rings. The van der Waals surface area contributed by atoms with Crippen molar-refractivity contribution in [3.63, 3.8) is 0 Å². The van der Waals surface area contributed by atoms with E-state index in [1.165, 1.54) is 0 Å². The van der Waals surface area contributed by atoms with E-state index in [-0.39, 0.29) is 29.3 Å². The van der Waals surface area contributed by atoms with Crippen molar-refractivity contribution in [3.8, 4) is 5.75 Å². The minimum absolute atomic E-state index is 0.0148. The maximum absolute atomic E-state index is 13.0. The van der Waals surface area contributed by atoms with Crippen molar-refractivity contribution in [2.75, 3.05) is 10.6 Å². The lowest BCUT2D eigenvalue weighted by Gasteiger charge is -2.16. The highest BCUT2D eigenvalue weighted by Gasteiger charge is 2.38. The molecule has 0 saturated heterocycles. The van der Waals surface area contributed by atoms with Gasteiger partial charge in [-0.1, -0.05) is 48.0 Å². The van der Waals surface area contributed by atoms with Crippen LogP contribution < -0.4 is 15.4 Å². The number of carbonyl (C=O) groups is 3. The van der Waals surface area contributed by atoms with E-state index in [2.05, 4.69) is 10.6 Å². The van der Waals surface area contributed by atoms with Crippen molar-refractivity contribution >= 4 is 40.7 Å². The Hall–Kier alpha value is -4.10. The Morgan fingerprint density at radius 1 is 0.972 bits per heavy atom. The van der Waals surface area contributed by atoms with Crippen LogP contribution in [0.5, 0.6) is 5.75 Å². The minimum atomic E-state index is -0.565. The van der Waals surface area contributed by atoms with Crippen molar-refractivity contribution in [1.82, 2.24) is 4.90 Å². The SMILES string of the molecule is Cc1ccc(C(=O)Nc2ccc(OC(C)C)cc2)cc1NC1=C(Cl)C(=O)N(Cc2ccccc2)C1=O. The molecule has 0 bridgehead atoms. The molecule has 0 unspecified atom stereocenters. The summed E-state index contributed by atoms with van der Waals surface area (Å²) in [7, 11) is 0. The first-order chi connectivity index (χ1) is 17.2. The summed E-state index contributed by atoms with van der Waals surface area (Å²) in [6, 6.07) is 21.4. The second kappa shape index (κ2) is 10.7. The van der Waals surface area contributed by atoms with Gasteiger partial charge in [0, 0.05) is 16.9 Å². The maximum Gasteiger partial charge on any atom is 0.279 e. The number of hydrogen-bond acceptors (Lipinski definition) is 5. The summed E-state index contributed by atoms with van der Waals surface area (Å²) in [5.41, 5.74) is 3.06. The van der Waals surface area contributed by atoms with Gasteiger partial charge in [0.05, 0.1) is 12.6 Å². The van der Waals surface area contributed by atoms with E-state index in [0.717, 1.165) is 16.0 Å². The summed E-state index contributed by atoms with van der Waals surface area (Å²) in [5.74, 6) is -0.696. The van der Waals surface area contributed by atoms with Gasteiger partial charge in [0.2, 0.25) is 0 Å². The number of nitrogens with zero attached hydrogens (tertiary/aromatic N) is 1. The fourth-order valence-electron chi connectivity index (χ4n) is 3.69. The van der Waals surface area contributed by atoms with Gasteiger partial charge in [-0.25, -0.2) is 0 Å². The summed E-state index contributed by atoms with van der Waals surface area (Å²) in [6.07, 6.45) is 0.0556. The fourth-order valence-corrected chi connectivity index (χ4v) is 3.92. The second-order valence-corrected chi connectivity index (χ2v) is 9.05. The molecule has 3 aromatic carbocycles. The standard InChI is InChI=1S/C28H26ClN3O4/c1-17(2)36-22-13-11-21(12-14-22)30-26(33)20-10-9-18(3)23(15-20)31-25-24(29)27(34)32(28(25)35)16-19-7-5-4-6-8-19/h4-15,17,31H,16H2,1-3H3,(H,30,33). The number of hydrogen-bond donors (Lipinski definition) is 2. The fraction of sp³-hybridized carbons (Fsp3) is 0.179. The molecule has 1 aliphatic heterocycles. The van der Waals surface area contributed by atoms with Crippen LogP contribution in [0.1, 0.15) is 35.3 Å². The summed E-state index contributed by atoms with van der Waals surface area (Å²) in [6.45, 7) is 5.83. The number of aryl methyl sites for hydroxylation is 1. The molecular weight excluding hydrogens is 478 g/mol. The summed E-state index contributed by atoms with van der Waals surface area (Å²) in [5, 5.41) is 5.64. The predicted molar refractivity (Wildman–Crippen MR) is 140 cm³/mol. The van der Waals surface area contributed by atoms with E-state index in [4.69, 9.17) is 16.3 Å². The Bertz CT molecular complexity index is 1330. The first kappa shape index (κ1) is 25.0. The van der Waals surface area contributed by atoms with Gasteiger partial charge in [-0.15, -0.1) is 0 Å². The Labute approximate surface area is 214 Å². The molecule has 0 saturated carbocycles. The molecule has 3 amide bonds. The quantitative estimate of drug-likeness (QED) is 0.398. The first-order valence-electron chi connectivity index (χ1n) is 11.5. The minimum Gasteiger partial charge on any atom is -0.491 e. The highest BCUT2D eigenvalue weighted by Crippen LogP contribution is 2.29. The highest BCUT2D eigenvalue weighted by molar-refractivity contribution is 6.48. The molecule has 4 rings (SSSR count). The Balaban J connectivity index is 1.48. The zero-order valence-electron chi connectivity index (χ0n) is 20.2. The van der Waals surface area contributed by atoms with Crippen molar-refractivity contribution in [3.05, 3.63) is 100 Å². The highest BCUT2D eigenvalue weighted by atomic mass is 35.5. The zero-order chi connectivity index (χ0) is 25.8. The van der Waals surface area contributed by atoms with Crippen molar-refractivity contribution < 1.29 is 19.1 Å². The van der Waals surface area contributed by atoms with Gasteiger partial charge in [0.25, 0.3) is 17.7 Å². The van der Waals surface area contributed by atoms with Gasteiger partial charge in [-0.05, 0) is 68.3 Å². The number of carbonyl (C=O) groups excluding carboxylic acids is 3. The molecule has 2 N–H and O–H groups in total. The maximum atomic E-state index is 13.0. The van der Waals surface area contributed by atoms with Crippen LogP contribution in [0.15, 0.2) is 83.5 Å². The monoisotopic (exact) mass is 503 g/mol. The number of ether oxygens (including phenoxy) is 1. The van der Waals surface area contributed by atoms with Gasteiger partial charge in [0.15, 0.2) is 0 Å². The van der Waals surface area contributed by atoms with E-state index in [0.29, 0.717) is 22.7 Å². The van der Waals surface area contributed by atoms with Gasteiger partial charge >= 0.3 is 0 Å². The van der Waals surface area contributed by atoms with Crippen molar-refractivity contribution in [2.45, 2.75) is 33.4 Å². The predicted octanol–water partition coefficient (Wildman–Crippen LogP) is 5.47. The van der Waals surface area contributed by atoms with E-state index >= 15 is 0 Å². The molecule has 0 spiro atoms. The third-order valence-corrected chi connectivity index (χ3v) is 5.89. The molecule has 0 fully saturated rings. The molecule has 1 heterocycles. The molecule has 184 valence electrons. The first-order valence-corrected chi connectivity index (χ1v) is 11.9. The van der Waals surface area contributed by atoms with Gasteiger partial charge in [-0.2, -0.15) is 0 Å². The van der Waals surface area contributed by atoms with Crippen LogP contribution in [-0.2, 0) is 16.1 Å². The second-order valence-electron chi connectivity index (χ2n) is 8.67. The molecule has 8 heteroatoms. The van der Waals surface area contributed by atoms with E-state index in [1.54, 1.807) is 42.5 Å². The van der Waals surface area contributed by atoms with E-state index in [9.17, 15) is 14.4 Å². The third-order valence-electron chi connectivity index (χ3n) is 5.54. The Morgan fingerprint density at radius 2 is 1.67 bits per heavy atom. The van der Waals surface area contributed by atoms with Crippen LogP contribution in [0.3, 0.4) is 0 Å². The lowest BCUT2D eigenvalue weighted by atomic mass is 10.1. The average molecular weight is 504 g/mol. The van der Waals surface area contributed by atoms with Crippen molar-refractivity contribution in [2.24, 2.45) is 0 Å². The van der Waals surface area contributed by atoms with Gasteiger partial charge < -0.3 is 15.4 Å². The molecule has 36 heavy (non-hydrogen) atoms. The number of nitrogens with one attached hydrogen (secondary N) is 2. The van der Waals surface area contributed by atoms with Crippen LogP contribution in [0.25, 0.3) is 0 Å². The zero-order valence-corrected chi connectivity index (χ0v) is 20.9. The smallest absolute Gasteiger partial charge is 0.279 e. The Morgan fingerprint density at radius 3 is 2.33 bits per heavy atom. The molecule has 0 aromatic heterocycles. The lowest BCUT2D eigenvalue weighted by Crippen LogP contribution is -2.31. The van der Waals surface area contributed by atoms with Crippen LogP contribution in [0, 0.1) is 6.92 Å². The van der Waals surface area contributed by atoms with Gasteiger partial charge in [0.1, 0.15) is 16.5 Å². The summed E-state index contributed by atoms with van der Waals surface area (Å²) >= 11 is 6.26. The van der Waals surface area contributed by atoms with Crippen LogP contribution in [0.2, 0.25) is 0 Å². The largest absolute Gasteiger partial charge is 0.491 e. The average Bonchev–Trinajstić information content (AvgIpc) is 3.05. The number of amides is 3. The van der Waals surface area contributed by atoms with Crippen LogP contribution in [-0.4, -0.2) is 28.7 Å². The summed E-state index contributed by atoms with van der Waals surface area (Å²) in [4.78, 5) is 39.7. The van der Waals surface area contributed by atoms with Crippen molar-refractivity contribution in [1.29, 1.82) is 0 Å². The number of benzene rings is 3. The van der Waals surface area contributed by atoms with Gasteiger partial charge in [-0.3, -0.25) is 19.3 Å². The van der Waals surface area contributed by atoms with E-state index < -0.39 is 11.8 Å². The Kier molecular flexibility index (Phi) is 7.41. The molecule has 7 nitrogen and oxygen atoms in total. The molecular formula is C28H26ClN3O4. The number of halogens is 1. The van der Waals surface area contributed by atoms with Crippen LogP contribution >= 0.6 is 11.6 Å². The normalized spacial score (nSPS) is 13.4. The number of imide groups is 1. The number of anilines is 2. The van der Waals surface area contributed by atoms with Crippen LogP contribution in [0.4, 0.5) is 11.4 Å². The molecule has 0 aliphatic carbocycles. The summed E-state index contributed by atoms with van der Waals surface area (Å²) < 4.78 is 5.63. The third kappa shape index (κ3) is 5.58.